The summed E-state index contributed by atoms with van der Waals surface area (Å²) >= 11 is 0. The van der Waals surface area contributed by atoms with Crippen LogP contribution in [-0.4, -0.2) is 28.9 Å². The fourth-order valence-corrected chi connectivity index (χ4v) is 2.89. The van der Waals surface area contributed by atoms with E-state index in [1.54, 1.807) is 29.3 Å². The van der Waals surface area contributed by atoms with E-state index >= 15 is 0 Å². The monoisotopic (exact) mass is 364 g/mol. The lowest BCUT2D eigenvalue weighted by molar-refractivity contribution is 0.234. The van der Waals surface area contributed by atoms with Crippen LogP contribution < -0.4 is 5.32 Å². The lowest BCUT2D eigenvalue weighted by atomic mass is 10.2. The molecule has 130 valence electrons. The maximum absolute atomic E-state index is 12.5. The topological polar surface area (TPSA) is 76.9 Å². The van der Waals surface area contributed by atoms with Crippen LogP contribution in [0.4, 0.5) is 14.5 Å². The van der Waals surface area contributed by atoms with Gasteiger partial charge in [0.05, 0.1) is 4.90 Å². The molecule has 0 aliphatic heterocycles. The van der Waals surface area contributed by atoms with E-state index in [1.165, 1.54) is 12.1 Å². The summed E-state index contributed by atoms with van der Waals surface area (Å²) in [5, 5.41) is 7.21. The highest BCUT2D eigenvalue weighted by Gasteiger charge is 2.26. The first kappa shape index (κ1) is 17.0. The second kappa shape index (κ2) is 6.98. The first-order valence-corrected chi connectivity index (χ1v) is 8.82. The van der Waals surface area contributed by atoms with Gasteiger partial charge in [0.1, 0.15) is 0 Å². The Bertz CT molecular complexity index is 943. The fraction of sp³-hybridized carbons (Fsp3) is 0.125. The molecule has 2 aromatic heterocycles. The van der Waals surface area contributed by atoms with Gasteiger partial charge in [-0.15, -0.1) is 0 Å². The van der Waals surface area contributed by atoms with Crippen molar-refractivity contribution in [3.63, 3.8) is 0 Å². The molecule has 25 heavy (non-hydrogen) atoms. The summed E-state index contributed by atoms with van der Waals surface area (Å²) in [5.74, 6) is -2.76. The average Bonchev–Trinajstić information content (AvgIpc) is 3.15. The normalized spacial score (nSPS) is 11.6. The molecule has 0 aliphatic rings. The summed E-state index contributed by atoms with van der Waals surface area (Å²) in [4.78, 5) is 3.82. The number of aromatic nitrogens is 3. The van der Waals surface area contributed by atoms with Gasteiger partial charge >= 0.3 is 5.76 Å². The third kappa shape index (κ3) is 3.82. The Morgan fingerprint density at radius 3 is 2.52 bits per heavy atom. The van der Waals surface area contributed by atoms with E-state index in [1.807, 2.05) is 12.1 Å². The SMILES string of the molecule is O=S(=O)(c1ccc(NCc2ccnc(-n3cccn3)c2)cc1)C(F)F. The second-order valence-electron chi connectivity index (χ2n) is 5.16. The third-order valence-electron chi connectivity index (χ3n) is 3.46. The molecule has 3 rings (SSSR count). The van der Waals surface area contributed by atoms with E-state index in [-0.39, 0.29) is 0 Å². The van der Waals surface area contributed by atoms with Gasteiger partial charge in [0.15, 0.2) is 5.82 Å². The number of anilines is 1. The van der Waals surface area contributed by atoms with Gasteiger partial charge in [-0.2, -0.15) is 13.9 Å². The molecule has 6 nitrogen and oxygen atoms in total. The summed E-state index contributed by atoms with van der Waals surface area (Å²) in [6.07, 6.45) is 5.09. The van der Waals surface area contributed by atoms with Crippen molar-refractivity contribution >= 4 is 15.5 Å². The van der Waals surface area contributed by atoms with E-state index in [4.69, 9.17) is 0 Å². The van der Waals surface area contributed by atoms with Crippen molar-refractivity contribution in [2.24, 2.45) is 0 Å². The van der Waals surface area contributed by atoms with Gasteiger partial charge in [-0.1, -0.05) is 0 Å². The molecule has 0 saturated carbocycles. The highest BCUT2D eigenvalue weighted by Crippen LogP contribution is 2.20. The van der Waals surface area contributed by atoms with E-state index < -0.39 is 20.5 Å². The first-order chi connectivity index (χ1) is 12.0. The second-order valence-corrected chi connectivity index (χ2v) is 7.07. The minimum atomic E-state index is -4.57. The van der Waals surface area contributed by atoms with Crippen LogP contribution in [-0.2, 0) is 16.4 Å². The summed E-state index contributed by atoms with van der Waals surface area (Å²) in [5.41, 5.74) is 1.55. The van der Waals surface area contributed by atoms with Crippen LogP contribution in [0.2, 0.25) is 0 Å². The number of hydrogen-bond acceptors (Lipinski definition) is 5. The summed E-state index contributed by atoms with van der Waals surface area (Å²) in [6.45, 7) is 0.456. The molecule has 0 atom stereocenters. The van der Waals surface area contributed by atoms with Crippen molar-refractivity contribution in [3.8, 4) is 5.82 Å². The van der Waals surface area contributed by atoms with Crippen molar-refractivity contribution in [2.75, 3.05) is 5.32 Å². The van der Waals surface area contributed by atoms with E-state index in [2.05, 4.69) is 15.4 Å². The number of alkyl halides is 2. The first-order valence-electron chi connectivity index (χ1n) is 7.28. The number of nitrogens with one attached hydrogen (secondary N) is 1. The molecule has 0 bridgehead atoms. The third-order valence-corrected chi connectivity index (χ3v) is 4.86. The van der Waals surface area contributed by atoms with Crippen molar-refractivity contribution in [1.82, 2.24) is 14.8 Å². The molecular weight excluding hydrogens is 350 g/mol. The van der Waals surface area contributed by atoms with Crippen LogP contribution in [0.5, 0.6) is 0 Å². The standard InChI is InChI=1S/C16H14F2N4O2S/c17-16(18)25(23,24)14-4-2-13(3-5-14)20-11-12-6-8-19-15(10-12)22-9-1-7-21-22/h1-10,16,20H,11H2. The molecule has 0 fully saturated rings. The number of pyridine rings is 1. The van der Waals surface area contributed by atoms with Gasteiger partial charge in [0.2, 0.25) is 9.84 Å². The van der Waals surface area contributed by atoms with Gasteiger partial charge < -0.3 is 5.32 Å². The number of benzene rings is 1. The highest BCUT2D eigenvalue weighted by molar-refractivity contribution is 7.91. The molecule has 0 saturated heterocycles. The minimum absolute atomic E-state index is 0.405. The Morgan fingerprint density at radius 1 is 1.12 bits per heavy atom. The van der Waals surface area contributed by atoms with Gasteiger partial charge in [0.25, 0.3) is 0 Å². The zero-order valence-corrected chi connectivity index (χ0v) is 13.7. The fourth-order valence-electron chi connectivity index (χ4n) is 2.17. The van der Waals surface area contributed by atoms with Gasteiger partial charge in [0, 0.05) is 30.8 Å². The molecule has 0 amide bonds. The highest BCUT2D eigenvalue weighted by atomic mass is 32.2. The Labute approximate surface area is 143 Å². The average molecular weight is 364 g/mol. The van der Waals surface area contributed by atoms with Crippen LogP contribution >= 0.6 is 0 Å². The Hall–Kier alpha value is -2.81. The largest absolute Gasteiger partial charge is 0.381 e. The van der Waals surface area contributed by atoms with Gasteiger partial charge in [-0.3, -0.25) is 0 Å². The molecular formula is C16H14F2N4O2S. The number of hydrogen-bond donors (Lipinski definition) is 1. The Morgan fingerprint density at radius 2 is 1.88 bits per heavy atom. The lowest BCUT2D eigenvalue weighted by Crippen LogP contribution is -2.11. The minimum Gasteiger partial charge on any atom is -0.381 e. The summed E-state index contributed by atoms with van der Waals surface area (Å²) in [6, 6.07) is 10.7. The molecule has 2 heterocycles. The maximum Gasteiger partial charge on any atom is 0.341 e. The zero-order valence-electron chi connectivity index (χ0n) is 12.9. The van der Waals surface area contributed by atoms with Crippen molar-refractivity contribution in [1.29, 1.82) is 0 Å². The molecule has 3 aromatic rings. The number of rotatable bonds is 6. The summed E-state index contributed by atoms with van der Waals surface area (Å²) < 4.78 is 49.4. The van der Waals surface area contributed by atoms with Crippen LogP contribution in [0.3, 0.4) is 0 Å². The number of sulfone groups is 1. The predicted octanol–water partition coefficient (Wildman–Crippen LogP) is 2.88. The molecule has 1 N–H and O–H groups in total. The number of nitrogens with zero attached hydrogens (tertiary/aromatic N) is 3. The van der Waals surface area contributed by atoms with Crippen molar-refractivity contribution in [2.45, 2.75) is 17.2 Å². The van der Waals surface area contributed by atoms with Crippen LogP contribution in [0.1, 0.15) is 5.56 Å². The zero-order chi connectivity index (χ0) is 17.9. The van der Waals surface area contributed by atoms with E-state index in [9.17, 15) is 17.2 Å². The van der Waals surface area contributed by atoms with E-state index in [0.717, 1.165) is 17.7 Å². The molecule has 0 radical (unpaired) electrons. The van der Waals surface area contributed by atoms with E-state index in [0.29, 0.717) is 18.1 Å². The smallest absolute Gasteiger partial charge is 0.341 e. The Balaban J connectivity index is 1.69. The van der Waals surface area contributed by atoms with Crippen molar-refractivity contribution < 1.29 is 17.2 Å². The quantitative estimate of drug-likeness (QED) is 0.728. The number of halogens is 2. The Kier molecular flexibility index (Phi) is 4.75. The van der Waals surface area contributed by atoms with Crippen molar-refractivity contribution in [3.05, 3.63) is 66.6 Å². The predicted molar refractivity (Wildman–Crippen MR) is 88.3 cm³/mol. The molecule has 0 aliphatic carbocycles. The van der Waals surface area contributed by atoms with Gasteiger partial charge in [-0.25, -0.2) is 18.1 Å². The molecule has 0 spiro atoms. The van der Waals surface area contributed by atoms with Crippen LogP contribution in [0.15, 0.2) is 66.0 Å². The molecule has 1 aromatic carbocycles. The molecule has 0 unspecified atom stereocenters. The van der Waals surface area contributed by atoms with Gasteiger partial charge in [-0.05, 0) is 48.0 Å². The molecule has 9 heteroatoms. The van der Waals surface area contributed by atoms with Crippen LogP contribution in [0, 0.1) is 0 Å². The summed E-state index contributed by atoms with van der Waals surface area (Å²) in [7, 11) is -4.57. The van der Waals surface area contributed by atoms with Crippen LogP contribution in [0.25, 0.3) is 5.82 Å². The lowest BCUT2D eigenvalue weighted by Gasteiger charge is -2.09. The maximum atomic E-state index is 12.5.